The number of alkyl halides is 1. The number of nitrogens with one attached hydrogen (secondary N) is 2. The van der Waals surface area contributed by atoms with Crippen LogP contribution in [-0.2, 0) is 30.5 Å². The third-order valence-electron chi connectivity index (χ3n) is 3.54. The Hall–Kier alpha value is -3.81. The van der Waals surface area contributed by atoms with Gasteiger partial charge in [-0.25, -0.2) is 9.18 Å². The summed E-state index contributed by atoms with van der Waals surface area (Å²) in [5.41, 5.74) is 0.713. The van der Waals surface area contributed by atoms with Gasteiger partial charge in [-0.3, -0.25) is 19.2 Å². The van der Waals surface area contributed by atoms with E-state index in [2.05, 4.69) is 5.32 Å². The highest BCUT2D eigenvalue weighted by Crippen LogP contribution is 2.03. The molecule has 0 aromatic heterocycles. The fourth-order valence-corrected chi connectivity index (χ4v) is 2.07. The number of carboxylic acid groups (broad SMARTS) is 1. The second-order valence-electron chi connectivity index (χ2n) is 5.70. The normalized spacial score (nSPS) is 12.0. The Bertz CT molecular complexity index is 807. The number of benzene rings is 1. The molecule has 0 saturated carbocycles. The molecule has 2 atom stereocenters. The average Bonchev–Trinajstić information content (AvgIpc) is 2.71. The summed E-state index contributed by atoms with van der Waals surface area (Å²) in [7, 11) is 0. The highest BCUT2D eigenvalue weighted by atomic mass is 19.1. The minimum Gasteiger partial charge on any atom is -0.481 e. The number of alkyl carbamates (subject to hydrolysis) is 1. The molecule has 0 aliphatic heterocycles. The second kappa shape index (κ2) is 11.8. The van der Waals surface area contributed by atoms with Crippen molar-refractivity contribution in [2.75, 3.05) is 13.2 Å². The number of carboxylic acids is 1. The Kier molecular flexibility index (Phi) is 9.46. The summed E-state index contributed by atoms with van der Waals surface area (Å²) < 4.78 is 17.3. The molecule has 0 spiro atoms. The standard InChI is InChI=1S/C18H18FN3O7/c19-7-14(23)16(26)13(6-15(24)25)22-17(27)12(8-20)9-21-18(28)29-10-11-4-2-1-3-5-11/h1-5,12-13H,6-7,9-10H2,(H,21,28)(H,22,27)(H,24,25). The van der Waals surface area contributed by atoms with Gasteiger partial charge in [0.15, 0.2) is 6.67 Å². The van der Waals surface area contributed by atoms with Gasteiger partial charge in [0.05, 0.1) is 12.5 Å². The predicted molar refractivity (Wildman–Crippen MR) is 93.9 cm³/mol. The predicted octanol–water partition coefficient (Wildman–Crippen LogP) is 0.120. The zero-order chi connectivity index (χ0) is 21.8. The van der Waals surface area contributed by atoms with Crippen molar-refractivity contribution in [3.05, 3.63) is 35.9 Å². The van der Waals surface area contributed by atoms with Crippen molar-refractivity contribution in [2.45, 2.75) is 19.1 Å². The molecule has 0 fully saturated rings. The molecule has 0 radical (unpaired) electrons. The number of nitrogens with zero attached hydrogens (tertiary/aromatic N) is 1. The highest BCUT2D eigenvalue weighted by molar-refractivity contribution is 6.40. The molecule has 1 aromatic carbocycles. The number of carbonyl (C=O) groups excluding carboxylic acids is 4. The van der Waals surface area contributed by atoms with Crippen LogP contribution >= 0.6 is 0 Å². The first-order chi connectivity index (χ1) is 13.8. The van der Waals surface area contributed by atoms with Crippen LogP contribution in [0.3, 0.4) is 0 Å². The SMILES string of the molecule is N#CC(CNC(=O)OCc1ccccc1)C(=O)NC(CC(=O)O)C(=O)C(=O)CF. The first-order valence-electron chi connectivity index (χ1n) is 8.27. The van der Waals surface area contributed by atoms with E-state index in [1.54, 1.807) is 36.4 Å². The highest BCUT2D eigenvalue weighted by Gasteiger charge is 2.31. The van der Waals surface area contributed by atoms with Crippen LogP contribution in [-0.4, -0.2) is 53.9 Å². The number of carbonyl (C=O) groups is 5. The van der Waals surface area contributed by atoms with E-state index < -0.39 is 61.1 Å². The van der Waals surface area contributed by atoms with E-state index in [1.165, 1.54) is 0 Å². The van der Waals surface area contributed by atoms with E-state index in [0.29, 0.717) is 5.56 Å². The van der Waals surface area contributed by atoms with Crippen LogP contribution in [0.25, 0.3) is 0 Å². The molecule has 3 N–H and O–H groups in total. The minimum atomic E-state index is -1.83. The van der Waals surface area contributed by atoms with E-state index >= 15 is 0 Å². The molecular formula is C18H18FN3O7. The Morgan fingerprint density at radius 3 is 2.38 bits per heavy atom. The van der Waals surface area contributed by atoms with E-state index in [4.69, 9.17) is 15.1 Å². The molecule has 29 heavy (non-hydrogen) atoms. The van der Waals surface area contributed by atoms with Gasteiger partial charge in [0.25, 0.3) is 0 Å². The van der Waals surface area contributed by atoms with Gasteiger partial charge in [-0.1, -0.05) is 30.3 Å². The summed E-state index contributed by atoms with van der Waals surface area (Å²) in [6.07, 6.45) is -1.88. The van der Waals surface area contributed by atoms with Crippen molar-refractivity contribution in [2.24, 2.45) is 5.92 Å². The first-order valence-corrected chi connectivity index (χ1v) is 8.27. The van der Waals surface area contributed by atoms with Gasteiger partial charge in [-0.2, -0.15) is 5.26 Å². The Labute approximate surface area is 164 Å². The van der Waals surface area contributed by atoms with Crippen molar-refractivity contribution < 1.29 is 38.2 Å². The lowest BCUT2D eigenvalue weighted by molar-refractivity contribution is -0.143. The maximum atomic E-state index is 12.4. The zero-order valence-electron chi connectivity index (χ0n) is 15.1. The van der Waals surface area contributed by atoms with Crippen LogP contribution in [0.15, 0.2) is 30.3 Å². The molecule has 2 amide bonds. The monoisotopic (exact) mass is 407 g/mol. The van der Waals surface area contributed by atoms with Crippen LogP contribution in [0.1, 0.15) is 12.0 Å². The number of halogens is 1. The fraction of sp³-hybridized carbons (Fsp3) is 0.333. The number of hydrogen-bond acceptors (Lipinski definition) is 7. The van der Waals surface area contributed by atoms with Gasteiger partial charge < -0.3 is 20.5 Å². The Morgan fingerprint density at radius 2 is 1.83 bits per heavy atom. The van der Waals surface area contributed by atoms with Gasteiger partial charge in [0.2, 0.25) is 17.5 Å². The Morgan fingerprint density at radius 1 is 1.17 bits per heavy atom. The number of ether oxygens (including phenoxy) is 1. The summed E-state index contributed by atoms with van der Waals surface area (Å²) >= 11 is 0. The molecule has 1 rings (SSSR count). The maximum absolute atomic E-state index is 12.4. The molecule has 10 nitrogen and oxygen atoms in total. The summed E-state index contributed by atoms with van der Waals surface area (Å²) in [6.45, 7) is -2.20. The smallest absolute Gasteiger partial charge is 0.407 e. The van der Waals surface area contributed by atoms with E-state index in [1.807, 2.05) is 5.32 Å². The lowest BCUT2D eigenvalue weighted by Gasteiger charge is -2.17. The number of nitriles is 1. The third-order valence-corrected chi connectivity index (χ3v) is 3.54. The number of amides is 2. The number of hydrogen-bond donors (Lipinski definition) is 3. The number of Topliss-reactive ketones (excluding diaryl/α,β-unsaturated/α-hetero) is 2. The Balaban J connectivity index is 2.61. The first kappa shape index (κ1) is 23.2. The van der Waals surface area contributed by atoms with Crippen molar-refractivity contribution in [3.63, 3.8) is 0 Å². The van der Waals surface area contributed by atoms with E-state index in [9.17, 15) is 28.4 Å². The van der Waals surface area contributed by atoms with Gasteiger partial charge in [-0.05, 0) is 5.56 Å². The van der Waals surface area contributed by atoms with Crippen molar-refractivity contribution in [3.8, 4) is 6.07 Å². The van der Waals surface area contributed by atoms with Gasteiger partial charge in [0, 0.05) is 6.54 Å². The summed E-state index contributed by atoms with van der Waals surface area (Å²) in [6, 6.07) is 8.45. The van der Waals surface area contributed by atoms with Crippen molar-refractivity contribution in [1.29, 1.82) is 5.26 Å². The van der Waals surface area contributed by atoms with Crippen LogP contribution in [0, 0.1) is 17.2 Å². The van der Waals surface area contributed by atoms with Crippen molar-refractivity contribution in [1.82, 2.24) is 10.6 Å². The van der Waals surface area contributed by atoms with Crippen LogP contribution in [0.4, 0.5) is 9.18 Å². The maximum Gasteiger partial charge on any atom is 0.407 e. The van der Waals surface area contributed by atoms with Crippen LogP contribution in [0.2, 0.25) is 0 Å². The van der Waals surface area contributed by atoms with E-state index in [0.717, 1.165) is 0 Å². The molecule has 0 heterocycles. The number of aliphatic carboxylic acids is 1. The van der Waals surface area contributed by atoms with Gasteiger partial charge in [-0.15, -0.1) is 0 Å². The van der Waals surface area contributed by atoms with Gasteiger partial charge >= 0.3 is 12.1 Å². The quantitative estimate of drug-likeness (QED) is 0.436. The van der Waals surface area contributed by atoms with Crippen LogP contribution < -0.4 is 10.6 Å². The van der Waals surface area contributed by atoms with Crippen molar-refractivity contribution >= 4 is 29.5 Å². The molecule has 0 saturated heterocycles. The molecule has 2 unspecified atom stereocenters. The lowest BCUT2D eigenvalue weighted by Crippen LogP contribution is -2.49. The summed E-state index contributed by atoms with van der Waals surface area (Å²) in [4.78, 5) is 57.4. The number of ketones is 2. The fourth-order valence-electron chi connectivity index (χ4n) is 2.07. The van der Waals surface area contributed by atoms with Gasteiger partial charge in [0.1, 0.15) is 18.6 Å². The number of rotatable bonds is 11. The van der Waals surface area contributed by atoms with Crippen LogP contribution in [0.5, 0.6) is 0 Å². The molecule has 11 heteroatoms. The van der Waals surface area contributed by atoms with E-state index in [-0.39, 0.29) is 6.61 Å². The topological polar surface area (TPSA) is 163 Å². The molecule has 0 bridgehead atoms. The molecule has 0 aliphatic carbocycles. The summed E-state index contributed by atoms with van der Waals surface area (Å²) in [5.74, 6) is -7.08. The zero-order valence-corrected chi connectivity index (χ0v) is 15.1. The molecule has 154 valence electrons. The average molecular weight is 407 g/mol. The molecular weight excluding hydrogens is 389 g/mol. The second-order valence-corrected chi connectivity index (χ2v) is 5.70. The summed E-state index contributed by atoms with van der Waals surface area (Å²) in [5, 5.41) is 22.0. The molecule has 1 aromatic rings. The molecule has 0 aliphatic rings. The lowest BCUT2D eigenvalue weighted by atomic mass is 10.0. The third kappa shape index (κ3) is 8.17. The largest absolute Gasteiger partial charge is 0.481 e. The minimum absolute atomic E-state index is 0.0450.